The minimum absolute atomic E-state index is 0.125. The van der Waals surface area contributed by atoms with E-state index in [1.165, 1.54) is 30.5 Å². The van der Waals surface area contributed by atoms with Gasteiger partial charge in [0.2, 0.25) is 11.8 Å². The molecule has 0 spiro atoms. The first-order chi connectivity index (χ1) is 12.3. The zero-order chi connectivity index (χ0) is 18.7. The maximum Gasteiger partial charge on any atom is 0.433 e. The Morgan fingerprint density at radius 1 is 1.08 bits per heavy atom. The smallest absolute Gasteiger partial charge is 0.433 e. The number of alkyl halides is 5. The number of rotatable bonds is 5. The van der Waals surface area contributed by atoms with Crippen LogP contribution in [-0.4, -0.2) is 20.2 Å². The average Bonchev–Trinajstić information content (AvgIpc) is 3.10. The van der Waals surface area contributed by atoms with Crippen LogP contribution in [-0.2, 0) is 12.8 Å². The topological polar surface area (TPSA) is 73.9 Å². The summed E-state index contributed by atoms with van der Waals surface area (Å²) in [4.78, 5) is 7.37. The van der Waals surface area contributed by atoms with E-state index >= 15 is 0 Å². The number of hydrogen-bond acceptors (Lipinski definition) is 6. The van der Waals surface area contributed by atoms with Gasteiger partial charge in [-0.15, -0.1) is 10.2 Å². The van der Waals surface area contributed by atoms with E-state index in [4.69, 9.17) is 9.15 Å². The van der Waals surface area contributed by atoms with Gasteiger partial charge in [0, 0.05) is 12.3 Å². The Morgan fingerprint density at radius 3 is 2.50 bits per heavy atom. The van der Waals surface area contributed by atoms with Crippen molar-refractivity contribution >= 4 is 0 Å². The van der Waals surface area contributed by atoms with Crippen LogP contribution in [0, 0.1) is 0 Å². The van der Waals surface area contributed by atoms with Crippen molar-refractivity contribution in [3.63, 3.8) is 0 Å². The van der Waals surface area contributed by atoms with E-state index in [1.54, 1.807) is 0 Å². The molecule has 0 unspecified atom stereocenters. The summed E-state index contributed by atoms with van der Waals surface area (Å²) in [5, 5.41) is 6.68. The van der Waals surface area contributed by atoms with Gasteiger partial charge in [-0.25, -0.2) is 4.98 Å². The monoisotopic (exact) mass is 372 g/mol. The van der Waals surface area contributed by atoms with Crippen molar-refractivity contribution < 1.29 is 31.1 Å². The fourth-order valence-corrected chi connectivity index (χ4v) is 1.88. The van der Waals surface area contributed by atoms with Crippen LogP contribution >= 0.6 is 0 Å². The molecule has 0 N–H and O–H groups in total. The zero-order valence-electron chi connectivity index (χ0n) is 12.7. The van der Waals surface area contributed by atoms with E-state index in [0.717, 1.165) is 6.07 Å². The van der Waals surface area contributed by atoms with Crippen LogP contribution in [0.2, 0.25) is 0 Å². The Bertz CT molecular complexity index is 880. The summed E-state index contributed by atoms with van der Waals surface area (Å²) in [7, 11) is 0. The van der Waals surface area contributed by atoms with Crippen LogP contribution in [0.15, 0.2) is 40.9 Å². The Kier molecular flexibility index (Phi) is 4.78. The molecule has 0 saturated heterocycles. The molecule has 0 saturated carbocycles. The zero-order valence-corrected chi connectivity index (χ0v) is 12.7. The van der Waals surface area contributed by atoms with Crippen molar-refractivity contribution in [2.45, 2.75) is 19.2 Å². The second-order valence-electron chi connectivity index (χ2n) is 4.93. The molecule has 26 heavy (non-hydrogen) atoms. The quantitative estimate of drug-likeness (QED) is 0.629. The predicted molar refractivity (Wildman–Crippen MR) is 76.1 cm³/mol. The highest BCUT2D eigenvalue weighted by Crippen LogP contribution is 2.28. The highest BCUT2D eigenvalue weighted by atomic mass is 19.4. The van der Waals surface area contributed by atoms with Crippen molar-refractivity contribution in [1.82, 2.24) is 20.2 Å². The van der Waals surface area contributed by atoms with Gasteiger partial charge in [0.1, 0.15) is 12.3 Å². The average molecular weight is 372 g/mol. The maximum atomic E-state index is 12.6. The molecule has 0 fully saturated rings. The van der Waals surface area contributed by atoms with E-state index in [-0.39, 0.29) is 18.4 Å². The Morgan fingerprint density at radius 2 is 1.88 bits per heavy atom. The van der Waals surface area contributed by atoms with E-state index in [1.807, 2.05) is 0 Å². The van der Waals surface area contributed by atoms with E-state index < -0.39 is 24.2 Å². The Balaban J connectivity index is 1.66. The van der Waals surface area contributed by atoms with Gasteiger partial charge in [0.05, 0.1) is 11.3 Å². The molecule has 6 nitrogen and oxygen atoms in total. The number of aromatic nitrogens is 4. The van der Waals surface area contributed by atoms with Gasteiger partial charge >= 0.3 is 12.6 Å². The fraction of sp³-hybridized carbons (Fsp3) is 0.200. The third-order valence-corrected chi connectivity index (χ3v) is 3.08. The number of pyridine rings is 2. The molecule has 3 rings (SSSR count). The SMILES string of the molecule is FC(F)c1nnc(-c2ccc(COc3cccc(C(F)(F)F)n3)nc2)o1. The van der Waals surface area contributed by atoms with Crippen molar-refractivity contribution in [3.8, 4) is 17.3 Å². The lowest BCUT2D eigenvalue weighted by atomic mass is 10.2. The van der Waals surface area contributed by atoms with Crippen LogP contribution in [0.1, 0.15) is 23.7 Å². The molecule has 3 aromatic heterocycles. The summed E-state index contributed by atoms with van der Waals surface area (Å²) in [5.74, 6) is -1.13. The lowest BCUT2D eigenvalue weighted by molar-refractivity contribution is -0.141. The number of hydrogen-bond donors (Lipinski definition) is 0. The molecule has 0 radical (unpaired) electrons. The molecular weight excluding hydrogens is 363 g/mol. The normalized spacial score (nSPS) is 11.8. The van der Waals surface area contributed by atoms with Crippen molar-refractivity contribution in [3.05, 3.63) is 53.8 Å². The summed E-state index contributed by atoms with van der Waals surface area (Å²) in [5.41, 5.74) is -0.378. The molecule has 0 aromatic carbocycles. The maximum absolute atomic E-state index is 12.6. The van der Waals surface area contributed by atoms with Gasteiger partial charge in [-0.1, -0.05) is 6.07 Å². The molecule has 0 amide bonds. The molecular formula is C15H9F5N4O2. The summed E-state index contributed by atoms with van der Waals surface area (Å²) < 4.78 is 72.6. The highest BCUT2D eigenvalue weighted by Gasteiger charge is 2.32. The lowest BCUT2D eigenvalue weighted by Gasteiger charge is -2.08. The minimum atomic E-state index is -4.57. The highest BCUT2D eigenvalue weighted by molar-refractivity contribution is 5.50. The van der Waals surface area contributed by atoms with E-state index in [0.29, 0.717) is 11.3 Å². The molecule has 0 bridgehead atoms. The van der Waals surface area contributed by atoms with Gasteiger partial charge in [-0.2, -0.15) is 22.0 Å². The van der Waals surface area contributed by atoms with Crippen LogP contribution in [0.5, 0.6) is 5.88 Å². The van der Waals surface area contributed by atoms with Gasteiger partial charge in [0.15, 0.2) is 0 Å². The minimum Gasteiger partial charge on any atom is -0.471 e. The van der Waals surface area contributed by atoms with Crippen LogP contribution in [0.25, 0.3) is 11.5 Å². The van der Waals surface area contributed by atoms with Crippen LogP contribution in [0.4, 0.5) is 22.0 Å². The van der Waals surface area contributed by atoms with E-state index in [2.05, 4.69) is 20.2 Å². The summed E-state index contributed by atoms with van der Waals surface area (Å²) >= 11 is 0. The first kappa shape index (κ1) is 17.7. The van der Waals surface area contributed by atoms with Crippen LogP contribution in [0.3, 0.4) is 0 Å². The standard InChI is InChI=1S/C15H9F5N4O2/c16-12(17)14-24-23-13(26-14)8-4-5-9(21-6-8)7-25-11-3-1-2-10(22-11)15(18,19)20/h1-6,12H,7H2. The third kappa shape index (κ3) is 4.10. The number of halogens is 5. The molecule has 0 aliphatic carbocycles. The Labute approximate surface area is 142 Å². The van der Waals surface area contributed by atoms with Crippen molar-refractivity contribution in [2.75, 3.05) is 0 Å². The van der Waals surface area contributed by atoms with Gasteiger partial charge in [-0.05, 0) is 18.2 Å². The number of nitrogens with zero attached hydrogens (tertiary/aromatic N) is 4. The molecule has 0 aliphatic rings. The molecule has 3 aromatic rings. The molecule has 3 heterocycles. The Hall–Kier alpha value is -3.11. The lowest BCUT2D eigenvalue weighted by Crippen LogP contribution is -2.09. The summed E-state index contributed by atoms with van der Waals surface area (Å²) in [6.45, 7) is -0.138. The van der Waals surface area contributed by atoms with Gasteiger partial charge in [0.25, 0.3) is 5.89 Å². The molecule has 11 heteroatoms. The molecule has 0 atom stereocenters. The molecule has 0 aliphatic heterocycles. The fourth-order valence-electron chi connectivity index (χ4n) is 1.88. The van der Waals surface area contributed by atoms with Crippen LogP contribution < -0.4 is 4.74 Å². The molecule has 136 valence electrons. The summed E-state index contributed by atoms with van der Waals surface area (Å²) in [6.07, 6.45) is -6.15. The van der Waals surface area contributed by atoms with Gasteiger partial charge in [-0.3, -0.25) is 4.98 Å². The third-order valence-electron chi connectivity index (χ3n) is 3.08. The summed E-state index contributed by atoms with van der Waals surface area (Å²) in [6, 6.07) is 6.26. The first-order valence-corrected chi connectivity index (χ1v) is 7.07. The largest absolute Gasteiger partial charge is 0.471 e. The van der Waals surface area contributed by atoms with Crippen molar-refractivity contribution in [2.24, 2.45) is 0 Å². The van der Waals surface area contributed by atoms with Gasteiger partial charge < -0.3 is 9.15 Å². The van der Waals surface area contributed by atoms with Crippen molar-refractivity contribution in [1.29, 1.82) is 0 Å². The first-order valence-electron chi connectivity index (χ1n) is 7.07. The van der Waals surface area contributed by atoms with E-state index in [9.17, 15) is 22.0 Å². The second kappa shape index (κ2) is 7.02. The second-order valence-corrected chi connectivity index (χ2v) is 4.93. The number of ether oxygens (including phenoxy) is 1. The predicted octanol–water partition coefficient (Wildman–Crippen LogP) is 4.06.